The predicted molar refractivity (Wildman–Crippen MR) is 184 cm³/mol. The van der Waals surface area contributed by atoms with Crippen LogP contribution in [-0.4, -0.2) is 19.9 Å². The second-order valence-electron chi connectivity index (χ2n) is 11.4. The number of furan rings is 2. The van der Waals surface area contributed by atoms with Crippen LogP contribution in [0.25, 0.3) is 101 Å². The van der Waals surface area contributed by atoms with Crippen molar-refractivity contribution in [3.8, 4) is 45.6 Å². The molecular weight excluding hydrogens is 584 g/mol. The van der Waals surface area contributed by atoms with E-state index in [4.69, 9.17) is 28.2 Å². The highest BCUT2D eigenvalue weighted by Crippen LogP contribution is 2.39. The summed E-state index contributed by atoms with van der Waals surface area (Å²) in [5.74, 6) is 2.21. The molecule has 7 nitrogen and oxygen atoms in total. The average Bonchev–Trinajstić information content (AvgIpc) is 3.85. The molecule has 0 aliphatic rings. The Morgan fingerprint density at radius 1 is 0.340 bits per heavy atom. The molecule has 0 N–H and O–H groups in total. The Labute approximate surface area is 266 Å². The van der Waals surface area contributed by atoms with Crippen molar-refractivity contribution in [1.82, 2.24) is 19.9 Å². The van der Waals surface area contributed by atoms with Crippen LogP contribution in [0.2, 0.25) is 0 Å². The lowest BCUT2D eigenvalue weighted by Crippen LogP contribution is -2.00. The fourth-order valence-electron chi connectivity index (χ4n) is 6.43. The third-order valence-corrected chi connectivity index (χ3v) is 8.61. The van der Waals surface area contributed by atoms with Crippen LogP contribution in [0.5, 0.6) is 0 Å². The molecule has 0 saturated carbocycles. The first-order valence-electron chi connectivity index (χ1n) is 15.3. The van der Waals surface area contributed by atoms with E-state index in [1.165, 1.54) is 0 Å². The summed E-state index contributed by atoms with van der Waals surface area (Å²) in [6, 6.07) is 43.8. The van der Waals surface area contributed by atoms with Gasteiger partial charge in [0.05, 0.1) is 0 Å². The van der Waals surface area contributed by atoms with Crippen molar-refractivity contribution in [1.29, 1.82) is 0 Å². The van der Waals surface area contributed by atoms with E-state index in [0.29, 0.717) is 23.4 Å². The van der Waals surface area contributed by atoms with Gasteiger partial charge >= 0.3 is 0 Å². The number of benzene rings is 6. The lowest BCUT2D eigenvalue weighted by Gasteiger charge is -2.10. The molecule has 0 radical (unpaired) electrons. The maximum absolute atomic E-state index is 6.22. The van der Waals surface area contributed by atoms with Crippen molar-refractivity contribution in [2.24, 2.45) is 0 Å². The van der Waals surface area contributed by atoms with Crippen LogP contribution in [0.4, 0.5) is 0 Å². The summed E-state index contributed by atoms with van der Waals surface area (Å²) in [5, 5.41) is 3.94. The molecule has 0 amide bonds. The van der Waals surface area contributed by atoms with E-state index in [-0.39, 0.29) is 0 Å². The van der Waals surface area contributed by atoms with Crippen LogP contribution in [0, 0.1) is 0 Å². The van der Waals surface area contributed by atoms with Crippen LogP contribution in [0.3, 0.4) is 0 Å². The minimum atomic E-state index is 0.545. The quantitative estimate of drug-likeness (QED) is 0.197. The molecule has 0 spiro atoms. The topological polar surface area (TPSA) is 91.0 Å². The van der Waals surface area contributed by atoms with E-state index < -0.39 is 0 Å². The molecule has 7 heteroatoms. The summed E-state index contributed by atoms with van der Waals surface area (Å²) in [6.45, 7) is 0. The van der Waals surface area contributed by atoms with Gasteiger partial charge in [0.2, 0.25) is 5.89 Å². The smallest absolute Gasteiger partial charge is 0.227 e. The lowest BCUT2D eigenvalue weighted by molar-refractivity contribution is 0.620. The minimum absolute atomic E-state index is 0.545. The Morgan fingerprint density at radius 3 is 1.43 bits per heavy atom. The summed E-state index contributed by atoms with van der Waals surface area (Å²) in [6.07, 6.45) is 0. The number of fused-ring (bicyclic) bond motifs is 7. The number of hydrogen-bond acceptors (Lipinski definition) is 7. The van der Waals surface area contributed by atoms with Crippen LogP contribution in [0.15, 0.2) is 147 Å². The summed E-state index contributed by atoms with van der Waals surface area (Å²) in [5.41, 5.74) is 8.18. The molecule has 0 aliphatic carbocycles. The Balaban J connectivity index is 1.20. The third-order valence-electron chi connectivity index (χ3n) is 8.61. The van der Waals surface area contributed by atoms with E-state index in [1.807, 2.05) is 121 Å². The molecule has 0 fully saturated rings. The van der Waals surface area contributed by atoms with Crippen molar-refractivity contribution in [3.63, 3.8) is 0 Å². The summed E-state index contributed by atoms with van der Waals surface area (Å²) in [4.78, 5) is 19.9. The highest BCUT2D eigenvalue weighted by molar-refractivity contribution is 6.13. The molecule has 10 rings (SSSR count). The molecule has 220 valence electrons. The molecule has 0 unspecified atom stereocenters. The predicted octanol–water partition coefficient (Wildman–Crippen LogP) is 10.5. The van der Waals surface area contributed by atoms with Crippen LogP contribution >= 0.6 is 0 Å². The van der Waals surface area contributed by atoms with Gasteiger partial charge < -0.3 is 13.3 Å². The monoisotopic (exact) mass is 606 g/mol. The first-order chi connectivity index (χ1) is 23.3. The van der Waals surface area contributed by atoms with Crippen LogP contribution in [0.1, 0.15) is 0 Å². The summed E-state index contributed by atoms with van der Waals surface area (Å²) < 4.78 is 18.5. The second kappa shape index (κ2) is 9.95. The zero-order valence-electron chi connectivity index (χ0n) is 24.7. The van der Waals surface area contributed by atoms with Gasteiger partial charge in [0.25, 0.3) is 0 Å². The SMILES string of the molecule is c1ccc2oc(-c3ccc(-c4nc(-c5cccc6oc7ccccc7c56)nc(-c5cccc6oc7ccccc7c56)n4)cc3)nc2c1. The van der Waals surface area contributed by atoms with Gasteiger partial charge in [-0.25, -0.2) is 19.9 Å². The van der Waals surface area contributed by atoms with Gasteiger partial charge in [-0.15, -0.1) is 0 Å². The van der Waals surface area contributed by atoms with Gasteiger partial charge in [-0.1, -0.05) is 84.9 Å². The standard InChI is InChI=1S/C40H22N4O3/c1-4-14-30-25(9-1)35-27(11-7-17-33(35)45-30)38-42-37(23-19-21-24(22-20-23)40-41-29-13-3-6-16-32(29)47-40)43-39(44-38)28-12-8-18-34-36(28)26-10-2-5-15-31(26)46-34/h1-22H. The lowest BCUT2D eigenvalue weighted by atomic mass is 10.0. The van der Waals surface area contributed by atoms with Crippen molar-refractivity contribution < 1.29 is 13.3 Å². The number of aromatic nitrogens is 4. The Morgan fingerprint density at radius 2 is 0.830 bits per heavy atom. The molecular formula is C40H22N4O3. The molecule has 0 atom stereocenters. The molecule has 4 heterocycles. The fourth-order valence-corrected chi connectivity index (χ4v) is 6.43. The van der Waals surface area contributed by atoms with Gasteiger partial charge in [0, 0.05) is 43.8 Å². The molecule has 0 aliphatic heterocycles. The number of nitrogens with zero attached hydrogens (tertiary/aromatic N) is 4. The zero-order valence-corrected chi connectivity index (χ0v) is 24.7. The zero-order chi connectivity index (χ0) is 30.9. The largest absolute Gasteiger partial charge is 0.456 e. The molecule has 6 aromatic carbocycles. The summed E-state index contributed by atoms with van der Waals surface area (Å²) >= 11 is 0. The fraction of sp³-hybridized carbons (Fsp3) is 0. The summed E-state index contributed by atoms with van der Waals surface area (Å²) in [7, 11) is 0. The van der Waals surface area contributed by atoms with Crippen molar-refractivity contribution in [3.05, 3.63) is 133 Å². The van der Waals surface area contributed by atoms with E-state index in [2.05, 4.69) is 17.1 Å². The average molecular weight is 607 g/mol. The molecule has 10 aromatic rings. The number of oxazole rings is 1. The number of rotatable bonds is 4. The maximum atomic E-state index is 6.22. The van der Waals surface area contributed by atoms with E-state index in [0.717, 1.165) is 77.2 Å². The minimum Gasteiger partial charge on any atom is -0.456 e. The van der Waals surface area contributed by atoms with Crippen molar-refractivity contribution >= 4 is 55.0 Å². The van der Waals surface area contributed by atoms with E-state index in [9.17, 15) is 0 Å². The van der Waals surface area contributed by atoms with E-state index in [1.54, 1.807) is 0 Å². The van der Waals surface area contributed by atoms with Crippen LogP contribution in [-0.2, 0) is 0 Å². The molecule has 47 heavy (non-hydrogen) atoms. The first kappa shape index (κ1) is 25.7. The van der Waals surface area contributed by atoms with Gasteiger partial charge in [0.15, 0.2) is 23.1 Å². The Hall–Kier alpha value is -6.60. The normalized spacial score (nSPS) is 11.8. The van der Waals surface area contributed by atoms with E-state index >= 15 is 0 Å². The Kier molecular flexibility index (Phi) is 5.44. The van der Waals surface area contributed by atoms with Gasteiger partial charge in [-0.05, 0) is 48.5 Å². The molecule has 0 saturated heterocycles. The number of hydrogen-bond donors (Lipinski definition) is 0. The first-order valence-corrected chi connectivity index (χ1v) is 15.3. The second-order valence-corrected chi connectivity index (χ2v) is 11.4. The maximum Gasteiger partial charge on any atom is 0.227 e. The highest BCUT2D eigenvalue weighted by atomic mass is 16.3. The van der Waals surface area contributed by atoms with Gasteiger partial charge in [-0.3, -0.25) is 0 Å². The highest BCUT2D eigenvalue weighted by Gasteiger charge is 2.20. The Bertz CT molecular complexity index is 2640. The van der Waals surface area contributed by atoms with Crippen molar-refractivity contribution in [2.45, 2.75) is 0 Å². The molecule has 4 aromatic heterocycles. The van der Waals surface area contributed by atoms with Gasteiger partial charge in [0.1, 0.15) is 27.8 Å². The van der Waals surface area contributed by atoms with Crippen molar-refractivity contribution in [2.75, 3.05) is 0 Å². The number of para-hydroxylation sites is 4. The third kappa shape index (κ3) is 4.07. The molecule has 0 bridgehead atoms. The van der Waals surface area contributed by atoms with Gasteiger partial charge in [-0.2, -0.15) is 0 Å². The van der Waals surface area contributed by atoms with Crippen LogP contribution < -0.4 is 0 Å².